The summed E-state index contributed by atoms with van der Waals surface area (Å²) in [7, 11) is 0. The van der Waals surface area contributed by atoms with Crippen LogP contribution in [0.25, 0.3) is 0 Å². The van der Waals surface area contributed by atoms with E-state index < -0.39 is 5.41 Å². The van der Waals surface area contributed by atoms with E-state index in [0.29, 0.717) is 6.61 Å². The van der Waals surface area contributed by atoms with Gasteiger partial charge < -0.3 is 0 Å². The predicted molar refractivity (Wildman–Crippen MR) is 85.9 cm³/mol. The molecule has 1 aliphatic carbocycles. The Morgan fingerprint density at radius 1 is 1.09 bits per heavy atom. The molecular weight excluding hydrogens is 293 g/mol. The van der Waals surface area contributed by atoms with Crippen molar-refractivity contribution in [1.29, 1.82) is 0 Å². The maximum Gasteiger partial charge on any atom is 0.254 e. The molecule has 23 heavy (non-hydrogen) atoms. The summed E-state index contributed by atoms with van der Waals surface area (Å²) < 4.78 is 13.6. The molecule has 3 rings (SSSR count). The SMILES string of the molecule is O=C(NOCc1ccccc1)C1(c2cccc(F)c2)CCCC1. The summed E-state index contributed by atoms with van der Waals surface area (Å²) in [4.78, 5) is 18.1. The minimum atomic E-state index is -0.682. The van der Waals surface area contributed by atoms with Crippen molar-refractivity contribution in [2.75, 3.05) is 0 Å². The Labute approximate surface area is 135 Å². The van der Waals surface area contributed by atoms with E-state index in [-0.39, 0.29) is 11.7 Å². The minimum Gasteiger partial charge on any atom is -0.272 e. The summed E-state index contributed by atoms with van der Waals surface area (Å²) in [6.45, 7) is 0.311. The second-order valence-corrected chi connectivity index (χ2v) is 6.01. The minimum absolute atomic E-state index is 0.184. The average Bonchev–Trinajstić information content (AvgIpc) is 3.07. The van der Waals surface area contributed by atoms with Crippen LogP contribution in [0.1, 0.15) is 36.8 Å². The summed E-state index contributed by atoms with van der Waals surface area (Å²) in [5.74, 6) is -0.497. The average molecular weight is 313 g/mol. The fourth-order valence-electron chi connectivity index (χ4n) is 3.27. The molecule has 0 heterocycles. The van der Waals surface area contributed by atoms with Gasteiger partial charge in [0, 0.05) is 0 Å². The van der Waals surface area contributed by atoms with E-state index in [1.54, 1.807) is 6.07 Å². The van der Waals surface area contributed by atoms with Gasteiger partial charge in [-0.1, -0.05) is 55.3 Å². The van der Waals surface area contributed by atoms with Gasteiger partial charge in [0.15, 0.2) is 0 Å². The standard InChI is InChI=1S/C19H20FNO2/c20-17-10-6-9-16(13-17)19(11-4-5-12-19)18(22)21-23-14-15-7-2-1-3-8-15/h1-3,6-10,13H,4-5,11-12,14H2,(H,21,22). The quantitative estimate of drug-likeness (QED) is 0.851. The highest BCUT2D eigenvalue weighted by Crippen LogP contribution is 2.41. The third kappa shape index (κ3) is 3.42. The molecule has 0 radical (unpaired) electrons. The van der Waals surface area contributed by atoms with Crippen molar-refractivity contribution in [2.45, 2.75) is 37.7 Å². The Morgan fingerprint density at radius 3 is 2.52 bits per heavy atom. The second-order valence-electron chi connectivity index (χ2n) is 6.01. The molecule has 120 valence electrons. The van der Waals surface area contributed by atoms with Crippen LogP contribution in [-0.2, 0) is 21.7 Å². The number of rotatable bonds is 5. The predicted octanol–water partition coefficient (Wildman–Crippen LogP) is 3.89. The van der Waals surface area contributed by atoms with Crippen LogP contribution in [0.5, 0.6) is 0 Å². The van der Waals surface area contributed by atoms with Crippen LogP contribution in [0.4, 0.5) is 4.39 Å². The summed E-state index contributed by atoms with van der Waals surface area (Å²) in [5, 5.41) is 0. The lowest BCUT2D eigenvalue weighted by Gasteiger charge is -2.28. The Kier molecular flexibility index (Phi) is 4.72. The van der Waals surface area contributed by atoms with E-state index in [0.717, 1.165) is 36.8 Å². The van der Waals surface area contributed by atoms with Gasteiger partial charge in [0.05, 0.1) is 12.0 Å². The van der Waals surface area contributed by atoms with E-state index in [2.05, 4.69) is 5.48 Å². The van der Waals surface area contributed by atoms with Crippen molar-refractivity contribution in [3.8, 4) is 0 Å². The number of carbonyl (C=O) groups is 1. The Balaban J connectivity index is 1.70. The van der Waals surface area contributed by atoms with Crippen molar-refractivity contribution < 1.29 is 14.0 Å². The number of hydrogen-bond acceptors (Lipinski definition) is 2. The number of amides is 1. The van der Waals surface area contributed by atoms with Crippen LogP contribution in [0, 0.1) is 5.82 Å². The monoisotopic (exact) mass is 313 g/mol. The number of hydrogen-bond donors (Lipinski definition) is 1. The number of nitrogens with one attached hydrogen (secondary N) is 1. The first kappa shape index (κ1) is 15.7. The van der Waals surface area contributed by atoms with Crippen molar-refractivity contribution in [2.24, 2.45) is 0 Å². The summed E-state index contributed by atoms with van der Waals surface area (Å²) in [6, 6.07) is 16.0. The molecule has 2 aromatic rings. The van der Waals surface area contributed by atoms with Crippen LogP contribution >= 0.6 is 0 Å². The fourth-order valence-corrected chi connectivity index (χ4v) is 3.27. The summed E-state index contributed by atoms with van der Waals surface area (Å²) in [5.41, 5.74) is 3.61. The molecule has 0 bridgehead atoms. The van der Waals surface area contributed by atoms with Crippen LogP contribution < -0.4 is 5.48 Å². The summed E-state index contributed by atoms with van der Waals surface area (Å²) >= 11 is 0. The van der Waals surface area contributed by atoms with Gasteiger partial charge in [0.2, 0.25) is 0 Å². The van der Waals surface area contributed by atoms with Gasteiger partial charge in [-0.15, -0.1) is 0 Å². The van der Waals surface area contributed by atoms with Gasteiger partial charge in [-0.05, 0) is 36.1 Å². The van der Waals surface area contributed by atoms with E-state index in [1.165, 1.54) is 12.1 Å². The number of carbonyl (C=O) groups excluding carboxylic acids is 1. The zero-order chi connectivity index (χ0) is 16.1. The molecule has 0 aromatic heterocycles. The topological polar surface area (TPSA) is 38.3 Å². The molecule has 4 heteroatoms. The molecular formula is C19H20FNO2. The van der Waals surface area contributed by atoms with Crippen molar-refractivity contribution in [1.82, 2.24) is 5.48 Å². The van der Waals surface area contributed by atoms with Gasteiger partial charge in [0.1, 0.15) is 5.82 Å². The smallest absolute Gasteiger partial charge is 0.254 e. The zero-order valence-electron chi connectivity index (χ0n) is 12.9. The van der Waals surface area contributed by atoms with E-state index in [1.807, 2.05) is 36.4 Å². The van der Waals surface area contributed by atoms with Crippen molar-refractivity contribution in [3.05, 3.63) is 71.5 Å². The number of halogens is 1. The molecule has 1 aliphatic rings. The molecule has 1 N–H and O–H groups in total. The molecule has 1 fully saturated rings. The molecule has 1 saturated carbocycles. The number of hydroxylamine groups is 1. The normalized spacial score (nSPS) is 16.2. The second kappa shape index (κ2) is 6.92. The Bertz CT molecular complexity index is 666. The van der Waals surface area contributed by atoms with Gasteiger partial charge in [0.25, 0.3) is 5.91 Å². The van der Waals surface area contributed by atoms with E-state index >= 15 is 0 Å². The first-order chi connectivity index (χ1) is 11.2. The van der Waals surface area contributed by atoms with Crippen LogP contribution in [0.3, 0.4) is 0 Å². The third-order valence-electron chi connectivity index (χ3n) is 4.52. The van der Waals surface area contributed by atoms with E-state index in [4.69, 9.17) is 4.84 Å². The molecule has 0 spiro atoms. The molecule has 0 atom stereocenters. The number of benzene rings is 2. The Morgan fingerprint density at radius 2 is 1.83 bits per heavy atom. The van der Waals surface area contributed by atoms with Gasteiger partial charge in [-0.3, -0.25) is 9.63 Å². The molecule has 2 aromatic carbocycles. The molecule has 1 amide bonds. The lowest BCUT2D eigenvalue weighted by molar-refractivity contribution is -0.140. The molecule has 0 unspecified atom stereocenters. The van der Waals surface area contributed by atoms with Crippen LogP contribution in [0.2, 0.25) is 0 Å². The first-order valence-corrected chi connectivity index (χ1v) is 7.93. The van der Waals surface area contributed by atoms with Crippen LogP contribution in [0.15, 0.2) is 54.6 Å². The molecule has 0 aliphatic heterocycles. The highest BCUT2D eigenvalue weighted by molar-refractivity contribution is 5.87. The lowest BCUT2D eigenvalue weighted by Crippen LogP contribution is -2.42. The van der Waals surface area contributed by atoms with Crippen molar-refractivity contribution >= 4 is 5.91 Å². The maximum atomic E-state index is 13.6. The maximum absolute atomic E-state index is 13.6. The van der Waals surface area contributed by atoms with Gasteiger partial charge in [-0.25, -0.2) is 9.87 Å². The largest absolute Gasteiger partial charge is 0.272 e. The zero-order valence-corrected chi connectivity index (χ0v) is 12.9. The Hall–Kier alpha value is -2.20. The third-order valence-corrected chi connectivity index (χ3v) is 4.52. The first-order valence-electron chi connectivity index (χ1n) is 7.93. The van der Waals surface area contributed by atoms with E-state index in [9.17, 15) is 9.18 Å². The van der Waals surface area contributed by atoms with Crippen molar-refractivity contribution in [3.63, 3.8) is 0 Å². The molecule has 0 saturated heterocycles. The highest BCUT2D eigenvalue weighted by Gasteiger charge is 2.43. The highest BCUT2D eigenvalue weighted by atomic mass is 19.1. The van der Waals surface area contributed by atoms with Crippen LogP contribution in [-0.4, -0.2) is 5.91 Å². The van der Waals surface area contributed by atoms with Gasteiger partial charge in [-0.2, -0.15) is 0 Å². The summed E-state index contributed by atoms with van der Waals surface area (Å²) in [6.07, 6.45) is 3.36. The fraction of sp³-hybridized carbons (Fsp3) is 0.316. The van der Waals surface area contributed by atoms with Gasteiger partial charge >= 0.3 is 0 Å². The lowest BCUT2D eigenvalue weighted by atomic mass is 9.78. The molecule has 3 nitrogen and oxygen atoms in total.